The standard InChI is InChI=1S/C22H20F2N2O6/c1-2-25-10-22(8-14(22)21(31)32)26-9-13(18(28)19(29)17(26)20(25)30)16(27)6-4-11-3-5-12(23)7-15(11)24/h3,5,7,9,14,29H,2,4,6,8,10H2,1H3,(H,31,32)/t14-,22-/m1/s1. The van der Waals surface area contributed by atoms with Gasteiger partial charge in [0.25, 0.3) is 5.91 Å². The second-order valence-electron chi connectivity index (χ2n) is 8.12. The molecule has 0 saturated heterocycles. The summed E-state index contributed by atoms with van der Waals surface area (Å²) in [4.78, 5) is 51.2. The summed E-state index contributed by atoms with van der Waals surface area (Å²) < 4.78 is 28.2. The second-order valence-corrected chi connectivity index (χ2v) is 8.12. The second kappa shape index (κ2) is 7.54. The van der Waals surface area contributed by atoms with Gasteiger partial charge >= 0.3 is 5.97 Å². The summed E-state index contributed by atoms with van der Waals surface area (Å²) in [6, 6.07) is 2.94. The number of aromatic hydroxyl groups is 1. The number of aromatic nitrogens is 1. The molecule has 0 bridgehead atoms. The maximum absolute atomic E-state index is 13.9. The van der Waals surface area contributed by atoms with Crippen molar-refractivity contribution in [3.8, 4) is 5.75 Å². The molecule has 2 atom stereocenters. The van der Waals surface area contributed by atoms with Crippen LogP contribution in [0.4, 0.5) is 8.78 Å². The summed E-state index contributed by atoms with van der Waals surface area (Å²) in [6.45, 7) is 2.02. The highest BCUT2D eigenvalue weighted by Crippen LogP contribution is 2.54. The van der Waals surface area contributed by atoms with Crippen molar-refractivity contribution in [1.82, 2.24) is 9.47 Å². The Labute approximate surface area is 180 Å². The average Bonchev–Trinajstić information content (AvgIpc) is 3.47. The normalized spacial score (nSPS) is 21.5. The molecule has 1 spiro atoms. The minimum absolute atomic E-state index is 0.0725. The minimum atomic E-state index is -1.08. The summed E-state index contributed by atoms with van der Waals surface area (Å²) >= 11 is 0. The van der Waals surface area contributed by atoms with Crippen molar-refractivity contribution in [2.75, 3.05) is 13.1 Å². The lowest BCUT2D eigenvalue weighted by Crippen LogP contribution is -2.49. The van der Waals surface area contributed by atoms with E-state index in [-0.39, 0.29) is 43.6 Å². The number of hydrogen-bond donors (Lipinski definition) is 2. The van der Waals surface area contributed by atoms with Crippen LogP contribution in [0.1, 0.15) is 46.2 Å². The summed E-state index contributed by atoms with van der Waals surface area (Å²) in [5.74, 6) is -5.77. The van der Waals surface area contributed by atoms with Crippen LogP contribution in [0.5, 0.6) is 5.75 Å². The molecule has 2 aromatic rings. The smallest absolute Gasteiger partial charge is 0.309 e. The average molecular weight is 446 g/mol. The van der Waals surface area contributed by atoms with E-state index < -0.39 is 57.5 Å². The van der Waals surface area contributed by atoms with Gasteiger partial charge in [-0.1, -0.05) is 6.07 Å². The number of amides is 1. The highest BCUT2D eigenvalue weighted by molar-refractivity contribution is 6.00. The Kier molecular flexibility index (Phi) is 5.10. The van der Waals surface area contributed by atoms with Crippen LogP contribution in [-0.4, -0.2) is 50.4 Å². The molecular weight excluding hydrogens is 426 g/mol. The van der Waals surface area contributed by atoms with Gasteiger partial charge in [0.1, 0.15) is 11.6 Å². The molecule has 2 N–H and O–H groups in total. The Balaban J connectivity index is 1.73. The number of benzene rings is 1. The number of rotatable bonds is 6. The van der Waals surface area contributed by atoms with Gasteiger partial charge in [0.2, 0.25) is 5.43 Å². The van der Waals surface area contributed by atoms with Crippen molar-refractivity contribution in [1.29, 1.82) is 0 Å². The first-order valence-electron chi connectivity index (χ1n) is 10.1. The van der Waals surface area contributed by atoms with Gasteiger partial charge < -0.3 is 19.7 Å². The Morgan fingerprint density at radius 3 is 2.56 bits per heavy atom. The monoisotopic (exact) mass is 446 g/mol. The van der Waals surface area contributed by atoms with Crippen LogP contribution in [0.15, 0.2) is 29.2 Å². The van der Waals surface area contributed by atoms with Crippen molar-refractivity contribution in [2.24, 2.45) is 5.92 Å². The first-order chi connectivity index (χ1) is 15.1. The predicted molar refractivity (Wildman–Crippen MR) is 107 cm³/mol. The van der Waals surface area contributed by atoms with Crippen LogP contribution in [0.25, 0.3) is 0 Å². The van der Waals surface area contributed by atoms with E-state index in [9.17, 15) is 38.2 Å². The van der Waals surface area contributed by atoms with Gasteiger partial charge in [0.05, 0.1) is 17.0 Å². The number of aliphatic carboxylic acids is 1. The van der Waals surface area contributed by atoms with Crippen molar-refractivity contribution >= 4 is 17.7 Å². The maximum atomic E-state index is 13.9. The predicted octanol–water partition coefficient (Wildman–Crippen LogP) is 1.92. The third-order valence-corrected chi connectivity index (χ3v) is 6.28. The van der Waals surface area contributed by atoms with E-state index in [1.165, 1.54) is 15.5 Å². The third-order valence-electron chi connectivity index (χ3n) is 6.28. The van der Waals surface area contributed by atoms with Gasteiger partial charge in [-0.05, 0) is 31.4 Å². The van der Waals surface area contributed by atoms with Crippen LogP contribution < -0.4 is 5.43 Å². The molecule has 0 radical (unpaired) electrons. The molecule has 1 amide bonds. The zero-order chi connectivity index (χ0) is 23.4. The van der Waals surface area contributed by atoms with Crippen LogP contribution in [-0.2, 0) is 16.8 Å². The van der Waals surface area contributed by atoms with Gasteiger partial charge in [-0.15, -0.1) is 0 Å². The molecule has 2 heterocycles. The number of nitrogens with zero attached hydrogens (tertiary/aromatic N) is 2. The summed E-state index contributed by atoms with van der Waals surface area (Å²) in [5, 5.41) is 20.0. The fraction of sp³-hybridized carbons (Fsp3) is 0.364. The van der Waals surface area contributed by atoms with Crippen molar-refractivity contribution in [3.63, 3.8) is 0 Å². The van der Waals surface area contributed by atoms with Gasteiger partial charge in [0.15, 0.2) is 17.2 Å². The number of halogens is 2. The fourth-order valence-corrected chi connectivity index (χ4v) is 4.40. The van der Waals surface area contributed by atoms with Crippen LogP contribution >= 0.6 is 0 Å². The molecule has 168 valence electrons. The first kappa shape index (κ1) is 21.7. The molecule has 8 nitrogen and oxygen atoms in total. The zero-order valence-electron chi connectivity index (χ0n) is 17.1. The Hall–Kier alpha value is -3.56. The number of carboxylic acid groups (broad SMARTS) is 1. The maximum Gasteiger partial charge on any atom is 0.309 e. The Morgan fingerprint density at radius 2 is 1.97 bits per heavy atom. The van der Waals surface area contributed by atoms with E-state index in [4.69, 9.17) is 0 Å². The number of likely N-dealkylation sites (N-methyl/N-ethyl adjacent to an activating group) is 1. The number of Topliss-reactive ketones (excluding diaryl/α,β-unsaturated/α-hetero) is 1. The molecule has 1 fully saturated rings. The quantitative estimate of drug-likeness (QED) is 0.655. The number of hydrogen-bond acceptors (Lipinski definition) is 5. The molecule has 1 saturated carbocycles. The number of ketones is 1. The lowest BCUT2D eigenvalue weighted by atomic mass is 10.00. The number of carbonyl (C=O) groups excluding carboxylic acids is 2. The lowest BCUT2D eigenvalue weighted by Gasteiger charge is -2.36. The molecule has 0 unspecified atom stereocenters. The largest absolute Gasteiger partial charge is 0.503 e. The summed E-state index contributed by atoms with van der Waals surface area (Å²) in [7, 11) is 0. The van der Waals surface area contributed by atoms with E-state index in [1.807, 2.05) is 0 Å². The van der Waals surface area contributed by atoms with E-state index in [0.29, 0.717) is 6.07 Å². The fourth-order valence-electron chi connectivity index (χ4n) is 4.40. The first-order valence-corrected chi connectivity index (χ1v) is 10.1. The molecule has 10 heteroatoms. The van der Waals surface area contributed by atoms with Crippen molar-refractivity contribution in [3.05, 3.63) is 63.1 Å². The van der Waals surface area contributed by atoms with Gasteiger partial charge in [0, 0.05) is 31.8 Å². The van der Waals surface area contributed by atoms with Gasteiger partial charge in [-0.25, -0.2) is 8.78 Å². The highest BCUT2D eigenvalue weighted by Gasteiger charge is 2.64. The highest BCUT2D eigenvalue weighted by atomic mass is 19.1. The molecule has 1 aliphatic carbocycles. The van der Waals surface area contributed by atoms with E-state index in [1.54, 1.807) is 6.92 Å². The molecule has 2 aliphatic rings. The number of carboxylic acids is 1. The van der Waals surface area contributed by atoms with Crippen LogP contribution in [0.3, 0.4) is 0 Å². The lowest BCUT2D eigenvalue weighted by molar-refractivity contribution is -0.139. The molecule has 32 heavy (non-hydrogen) atoms. The molecule has 1 aliphatic heterocycles. The van der Waals surface area contributed by atoms with Crippen molar-refractivity contribution in [2.45, 2.75) is 31.7 Å². The Bertz CT molecular complexity index is 1220. The molecule has 4 rings (SSSR count). The third kappa shape index (κ3) is 3.26. The number of carbonyl (C=O) groups is 3. The van der Waals surface area contributed by atoms with Crippen molar-refractivity contribution < 1.29 is 33.4 Å². The van der Waals surface area contributed by atoms with Crippen LogP contribution in [0, 0.1) is 17.6 Å². The molecular formula is C22H20F2N2O6. The van der Waals surface area contributed by atoms with Crippen LogP contribution in [0.2, 0.25) is 0 Å². The summed E-state index contributed by atoms with van der Waals surface area (Å²) in [6.07, 6.45) is 0.893. The molecule has 1 aromatic heterocycles. The zero-order valence-corrected chi connectivity index (χ0v) is 17.1. The Morgan fingerprint density at radius 1 is 1.25 bits per heavy atom. The number of pyridine rings is 1. The minimum Gasteiger partial charge on any atom is -0.503 e. The van der Waals surface area contributed by atoms with Gasteiger partial charge in [-0.3, -0.25) is 19.2 Å². The number of fused-ring (bicyclic) bond motifs is 2. The van der Waals surface area contributed by atoms with E-state index in [2.05, 4.69) is 0 Å². The van der Waals surface area contributed by atoms with E-state index in [0.717, 1.165) is 12.3 Å². The van der Waals surface area contributed by atoms with E-state index >= 15 is 0 Å². The summed E-state index contributed by atoms with van der Waals surface area (Å²) in [5.41, 5.74) is -2.78. The molecule has 1 aromatic carbocycles. The topological polar surface area (TPSA) is 117 Å². The SMILES string of the molecule is CCN1C[C@@]2(C[C@@H]2C(=O)O)n2cc(C(=O)CCc3ccc(F)cc3F)c(=O)c(O)c2C1=O. The van der Waals surface area contributed by atoms with Gasteiger partial charge in [-0.2, -0.15) is 0 Å². The number of aryl methyl sites for hydroxylation is 1.